The normalized spacial score (nSPS) is 9.71. The van der Waals surface area contributed by atoms with Gasteiger partial charge in [0, 0.05) is 10.6 Å². The highest BCUT2D eigenvalue weighted by Gasteiger charge is 2.03. The number of benzene rings is 1. The highest BCUT2D eigenvalue weighted by molar-refractivity contribution is 6.31. The fraction of sp³-hybridized carbons (Fsp3) is 0.250. The summed E-state index contributed by atoms with van der Waals surface area (Å²) in [6.07, 6.45) is 1.63. The highest BCUT2D eigenvalue weighted by atomic mass is 35.5. The molecule has 0 amide bonds. The molecule has 0 bridgehead atoms. The Hall–Kier alpha value is -1.08. The molecular weight excluding hydrogens is 196 g/mol. The summed E-state index contributed by atoms with van der Waals surface area (Å²) in [5, 5.41) is 0.693. The summed E-state index contributed by atoms with van der Waals surface area (Å²) in [7, 11) is 0. The zero-order valence-electron chi connectivity index (χ0n) is 8.60. The maximum atomic E-state index is 11.6. The Labute approximate surface area is 89.4 Å². The number of hydrogen-bond acceptors (Lipinski definition) is 1. The zero-order chi connectivity index (χ0) is 10.7. The molecular formula is C12H13ClO. The summed E-state index contributed by atoms with van der Waals surface area (Å²) in [4.78, 5) is 11.6. The van der Waals surface area contributed by atoms with E-state index in [-0.39, 0.29) is 5.78 Å². The van der Waals surface area contributed by atoms with Gasteiger partial charge < -0.3 is 0 Å². The summed E-state index contributed by atoms with van der Waals surface area (Å²) in [5.74, 6) is 0.0322. The number of rotatable bonds is 2. The van der Waals surface area contributed by atoms with Crippen molar-refractivity contribution in [2.75, 3.05) is 0 Å². The van der Waals surface area contributed by atoms with Crippen molar-refractivity contribution in [3.8, 4) is 0 Å². The number of carbonyl (C=O) groups is 1. The predicted molar refractivity (Wildman–Crippen MR) is 60.0 cm³/mol. The van der Waals surface area contributed by atoms with Crippen LogP contribution in [0.15, 0.2) is 29.8 Å². The first-order valence-electron chi connectivity index (χ1n) is 4.46. The van der Waals surface area contributed by atoms with Crippen LogP contribution in [0.4, 0.5) is 0 Å². The molecule has 0 aliphatic heterocycles. The molecule has 0 N–H and O–H groups in total. The van der Waals surface area contributed by atoms with E-state index < -0.39 is 0 Å². The van der Waals surface area contributed by atoms with Crippen molar-refractivity contribution in [3.63, 3.8) is 0 Å². The van der Waals surface area contributed by atoms with E-state index in [0.29, 0.717) is 10.6 Å². The second kappa shape index (κ2) is 4.43. The molecule has 1 nitrogen and oxygen atoms in total. The monoisotopic (exact) mass is 208 g/mol. The van der Waals surface area contributed by atoms with Gasteiger partial charge in [-0.15, -0.1) is 0 Å². The molecule has 0 aromatic heterocycles. The first-order chi connectivity index (χ1) is 6.50. The molecule has 0 aliphatic carbocycles. The lowest BCUT2D eigenvalue weighted by Gasteiger charge is -2.00. The first-order valence-corrected chi connectivity index (χ1v) is 4.84. The van der Waals surface area contributed by atoms with Gasteiger partial charge in [-0.25, -0.2) is 0 Å². The number of hydrogen-bond donors (Lipinski definition) is 0. The van der Waals surface area contributed by atoms with Crippen molar-refractivity contribution >= 4 is 17.4 Å². The average molecular weight is 209 g/mol. The van der Waals surface area contributed by atoms with Crippen LogP contribution in [0.5, 0.6) is 0 Å². The molecule has 0 atom stereocenters. The van der Waals surface area contributed by atoms with E-state index in [0.717, 1.165) is 11.1 Å². The molecule has 1 aromatic carbocycles. The molecule has 74 valence electrons. The smallest absolute Gasteiger partial charge is 0.185 e. The van der Waals surface area contributed by atoms with Crippen molar-refractivity contribution in [3.05, 3.63) is 46.0 Å². The third-order valence-electron chi connectivity index (χ3n) is 1.86. The van der Waals surface area contributed by atoms with Crippen LogP contribution in [0.1, 0.15) is 29.8 Å². The van der Waals surface area contributed by atoms with Gasteiger partial charge in [0.2, 0.25) is 0 Å². The fourth-order valence-corrected chi connectivity index (χ4v) is 1.26. The molecule has 14 heavy (non-hydrogen) atoms. The zero-order valence-corrected chi connectivity index (χ0v) is 9.35. The maximum absolute atomic E-state index is 11.6. The maximum Gasteiger partial charge on any atom is 0.185 e. The van der Waals surface area contributed by atoms with Crippen LogP contribution in [0.2, 0.25) is 5.02 Å². The van der Waals surface area contributed by atoms with Crippen LogP contribution in [0.3, 0.4) is 0 Å². The van der Waals surface area contributed by atoms with Crippen LogP contribution in [-0.4, -0.2) is 5.78 Å². The van der Waals surface area contributed by atoms with E-state index in [1.54, 1.807) is 18.2 Å². The van der Waals surface area contributed by atoms with Crippen LogP contribution in [-0.2, 0) is 0 Å². The van der Waals surface area contributed by atoms with Crippen molar-refractivity contribution in [2.45, 2.75) is 20.8 Å². The molecule has 0 fully saturated rings. The molecule has 0 radical (unpaired) electrons. The lowest BCUT2D eigenvalue weighted by molar-refractivity contribution is 0.104. The largest absolute Gasteiger partial charge is 0.289 e. The Balaban J connectivity index is 3.03. The van der Waals surface area contributed by atoms with E-state index in [2.05, 4.69) is 0 Å². The molecule has 1 aromatic rings. The number of halogens is 1. The topological polar surface area (TPSA) is 17.1 Å². The number of aryl methyl sites for hydroxylation is 1. The Bertz CT molecular complexity index is 387. The second-order valence-corrected chi connectivity index (χ2v) is 3.96. The molecule has 0 aliphatic rings. The Kier molecular flexibility index (Phi) is 3.48. The molecule has 1 rings (SSSR count). The van der Waals surface area contributed by atoms with Crippen molar-refractivity contribution in [1.29, 1.82) is 0 Å². The Morgan fingerprint density at radius 1 is 1.36 bits per heavy atom. The summed E-state index contributed by atoms with van der Waals surface area (Å²) in [6, 6.07) is 5.31. The SMILES string of the molecule is CC(C)=CC(=O)c1ccc(Cl)c(C)c1. The summed E-state index contributed by atoms with van der Waals surface area (Å²) < 4.78 is 0. The van der Waals surface area contributed by atoms with Crippen LogP contribution in [0, 0.1) is 6.92 Å². The van der Waals surface area contributed by atoms with Gasteiger partial charge in [-0.05, 0) is 50.6 Å². The van der Waals surface area contributed by atoms with Crippen LogP contribution < -0.4 is 0 Å². The Morgan fingerprint density at radius 2 is 2.00 bits per heavy atom. The van der Waals surface area contributed by atoms with Gasteiger partial charge in [-0.3, -0.25) is 4.79 Å². The fourth-order valence-electron chi connectivity index (χ4n) is 1.14. The molecule has 0 saturated carbocycles. The quantitative estimate of drug-likeness (QED) is 0.534. The van der Waals surface area contributed by atoms with Gasteiger partial charge in [-0.1, -0.05) is 17.2 Å². The van der Waals surface area contributed by atoms with E-state index in [1.807, 2.05) is 26.8 Å². The van der Waals surface area contributed by atoms with Crippen molar-refractivity contribution in [1.82, 2.24) is 0 Å². The van der Waals surface area contributed by atoms with E-state index in [9.17, 15) is 4.79 Å². The second-order valence-electron chi connectivity index (χ2n) is 3.55. The van der Waals surface area contributed by atoms with E-state index in [4.69, 9.17) is 11.6 Å². The van der Waals surface area contributed by atoms with Gasteiger partial charge in [-0.2, -0.15) is 0 Å². The highest BCUT2D eigenvalue weighted by Crippen LogP contribution is 2.17. The van der Waals surface area contributed by atoms with Gasteiger partial charge in [0.1, 0.15) is 0 Å². The minimum atomic E-state index is 0.0322. The lowest BCUT2D eigenvalue weighted by Crippen LogP contribution is -1.95. The predicted octanol–water partition coefficient (Wildman–Crippen LogP) is 3.80. The molecule has 2 heteroatoms. The average Bonchev–Trinajstić information content (AvgIpc) is 2.08. The number of carbonyl (C=O) groups excluding carboxylic acids is 1. The van der Waals surface area contributed by atoms with E-state index in [1.165, 1.54) is 0 Å². The number of ketones is 1. The molecule has 0 unspecified atom stereocenters. The molecule has 0 spiro atoms. The van der Waals surface area contributed by atoms with Gasteiger partial charge >= 0.3 is 0 Å². The number of allylic oxidation sites excluding steroid dienone is 2. The summed E-state index contributed by atoms with van der Waals surface area (Å²) in [5.41, 5.74) is 2.62. The van der Waals surface area contributed by atoms with Gasteiger partial charge in [0.25, 0.3) is 0 Å². The molecule has 0 saturated heterocycles. The van der Waals surface area contributed by atoms with Crippen molar-refractivity contribution in [2.24, 2.45) is 0 Å². The Morgan fingerprint density at radius 3 is 2.50 bits per heavy atom. The minimum Gasteiger partial charge on any atom is -0.289 e. The van der Waals surface area contributed by atoms with Gasteiger partial charge in [0.15, 0.2) is 5.78 Å². The first kappa shape index (κ1) is 11.0. The van der Waals surface area contributed by atoms with Crippen LogP contribution >= 0.6 is 11.6 Å². The van der Waals surface area contributed by atoms with Gasteiger partial charge in [0.05, 0.1) is 0 Å². The third kappa shape index (κ3) is 2.71. The van der Waals surface area contributed by atoms with Crippen molar-refractivity contribution < 1.29 is 4.79 Å². The lowest BCUT2D eigenvalue weighted by atomic mass is 10.1. The van der Waals surface area contributed by atoms with Crippen LogP contribution in [0.25, 0.3) is 0 Å². The van der Waals surface area contributed by atoms with E-state index >= 15 is 0 Å². The summed E-state index contributed by atoms with van der Waals surface area (Å²) in [6.45, 7) is 5.70. The third-order valence-corrected chi connectivity index (χ3v) is 2.29. The summed E-state index contributed by atoms with van der Waals surface area (Å²) >= 11 is 5.86. The minimum absolute atomic E-state index is 0.0322. The molecule has 0 heterocycles. The standard InChI is InChI=1S/C12H13ClO/c1-8(2)6-12(14)10-4-5-11(13)9(3)7-10/h4-7H,1-3H3.